The third-order valence-electron chi connectivity index (χ3n) is 14.1. The lowest BCUT2D eigenvalue weighted by Gasteiger charge is -2.71. The molecule has 4 fully saturated rings. The van der Waals surface area contributed by atoms with E-state index in [4.69, 9.17) is 18.9 Å². The van der Waals surface area contributed by atoms with Gasteiger partial charge in [0.15, 0.2) is 0 Å². The van der Waals surface area contributed by atoms with E-state index in [9.17, 15) is 19.2 Å². The van der Waals surface area contributed by atoms with E-state index in [0.29, 0.717) is 6.42 Å². The van der Waals surface area contributed by atoms with Crippen molar-refractivity contribution in [2.45, 2.75) is 132 Å². The third-order valence-corrected chi connectivity index (χ3v) is 14.1. The molecule has 0 bridgehead atoms. The first-order valence-electron chi connectivity index (χ1n) is 17.1. The number of fused-ring (bicyclic) bond motifs is 7. The van der Waals surface area contributed by atoms with Crippen LogP contribution in [0, 0.1) is 50.2 Å². The van der Waals surface area contributed by atoms with Gasteiger partial charge < -0.3 is 18.9 Å². The molecule has 10 atom stereocenters. The van der Waals surface area contributed by atoms with E-state index in [0.717, 1.165) is 51.4 Å². The number of ether oxygens (including phenoxy) is 4. The van der Waals surface area contributed by atoms with E-state index >= 15 is 0 Å². The fourth-order valence-electron chi connectivity index (χ4n) is 11.9. The Morgan fingerprint density at radius 2 is 1.44 bits per heavy atom. The Morgan fingerprint density at radius 3 is 2.04 bits per heavy atom. The molecule has 0 heterocycles. The van der Waals surface area contributed by atoms with Gasteiger partial charge in [0.2, 0.25) is 0 Å². The van der Waals surface area contributed by atoms with Crippen LogP contribution in [0.4, 0.5) is 0 Å². The zero-order valence-electron chi connectivity index (χ0n) is 29.3. The number of hydrogen-bond donors (Lipinski definition) is 0. The normalized spacial score (nSPS) is 44.8. The molecule has 0 aliphatic heterocycles. The molecule has 8 heteroatoms. The van der Waals surface area contributed by atoms with Gasteiger partial charge in [0.25, 0.3) is 0 Å². The molecule has 5 aliphatic rings. The van der Waals surface area contributed by atoms with Crippen LogP contribution in [0.5, 0.6) is 0 Å². The first-order valence-corrected chi connectivity index (χ1v) is 17.1. The molecule has 8 nitrogen and oxygen atoms in total. The number of methoxy groups -OCH3 is 1. The summed E-state index contributed by atoms with van der Waals surface area (Å²) in [5.74, 6) is -0.853. The zero-order valence-corrected chi connectivity index (χ0v) is 29.3. The second kappa shape index (κ2) is 11.1. The van der Waals surface area contributed by atoms with E-state index in [2.05, 4.69) is 40.7 Å². The van der Waals surface area contributed by atoms with Crippen LogP contribution in [0.25, 0.3) is 0 Å². The zero-order chi connectivity index (χ0) is 33.4. The van der Waals surface area contributed by atoms with Crippen molar-refractivity contribution in [2.75, 3.05) is 13.7 Å². The van der Waals surface area contributed by atoms with Gasteiger partial charge in [-0.15, -0.1) is 0 Å². The quantitative estimate of drug-likeness (QED) is 0.183. The Labute approximate surface area is 269 Å². The van der Waals surface area contributed by atoms with Crippen LogP contribution < -0.4 is 0 Å². The maximum absolute atomic E-state index is 13.6. The highest BCUT2D eigenvalue weighted by Gasteiger charge is 2.71. The van der Waals surface area contributed by atoms with Gasteiger partial charge in [-0.05, 0) is 97.2 Å². The average molecular weight is 629 g/mol. The molecule has 4 saturated carbocycles. The van der Waals surface area contributed by atoms with Gasteiger partial charge in [-0.2, -0.15) is 0 Å². The van der Waals surface area contributed by atoms with Crippen LogP contribution in [-0.4, -0.2) is 49.8 Å². The summed E-state index contributed by atoms with van der Waals surface area (Å²) in [5, 5.41) is 0. The molecule has 0 aromatic heterocycles. The Bertz CT molecular complexity index is 1280. The van der Waals surface area contributed by atoms with E-state index in [1.807, 2.05) is 6.92 Å². The molecule has 5 aliphatic carbocycles. The molecule has 10 unspecified atom stereocenters. The van der Waals surface area contributed by atoms with Gasteiger partial charge in [-0.25, -0.2) is 0 Å². The van der Waals surface area contributed by atoms with E-state index in [1.165, 1.54) is 33.5 Å². The summed E-state index contributed by atoms with van der Waals surface area (Å²) in [7, 11) is 1.54. The number of hydrogen-bond acceptors (Lipinski definition) is 8. The minimum absolute atomic E-state index is 0.0526. The highest BCUT2D eigenvalue weighted by atomic mass is 16.6. The lowest BCUT2D eigenvalue weighted by Crippen LogP contribution is -2.69. The maximum atomic E-state index is 13.6. The lowest BCUT2D eigenvalue weighted by atomic mass is 9.33. The van der Waals surface area contributed by atoms with Gasteiger partial charge in [0.1, 0.15) is 18.8 Å². The predicted octanol–water partition coefficient (Wildman–Crippen LogP) is 6.98. The summed E-state index contributed by atoms with van der Waals surface area (Å²) in [6, 6.07) is 0. The molecular weight excluding hydrogens is 572 g/mol. The van der Waals surface area contributed by atoms with Gasteiger partial charge in [-0.1, -0.05) is 53.2 Å². The summed E-state index contributed by atoms with van der Waals surface area (Å²) < 4.78 is 23.2. The van der Waals surface area contributed by atoms with Crippen molar-refractivity contribution in [1.82, 2.24) is 0 Å². The Balaban J connectivity index is 1.62. The molecule has 0 aromatic carbocycles. The minimum atomic E-state index is -0.753. The molecule has 0 saturated heterocycles. The van der Waals surface area contributed by atoms with Crippen molar-refractivity contribution in [2.24, 2.45) is 50.2 Å². The fraction of sp³-hybridized carbons (Fsp3) is 0.838. The monoisotopic (exact) mass is 628 g/mol. The molecule has 0 N–H and O–H groups in total. The number of carbonyl (C=O) groups is 4. The average Bonchev–Trinajstić information content (AvgIpc) is 2.93. The smallest absolute Gasteiger partial charge is 0.312 e. The molecular formula is C37H56O8. The predicted molar refractivity (Wildman–Crippen MR) is 169 cm³/mol. The molecule has 45 heavy (non-hydrogen) atoms. The Morgan fingerprint density at radius 1 is 0.800 bits per heavy atom. The van der Waals surface area contributed by atoms with Crippen LogP contribution in [0.1, 0.15) is 120 Å². The van der Waals surface area contributed by atoms with Crippen LogP contribution in [0.3, 0.4) is 0 Å². The van der Waals surface area contributed by atoms with Crippen LogP contribution in [0.15, 0.2) is 11.6 Å². The summed E-state index contributed by atoms with van der Waals surface area (Å²) in [6.45, 7) is 18.2. The topological polar surface area (TPSA) is 105 Å². The van der Waals surface area contributed by atoms with Gasteiger partial charge in [-0.3, -0.25) is 19.2 Å². The Kier molecular flexibility index (Phi) is 8.39. The van der Waals surface area contributed by atoms with E-state index in [-0.39, 0.29) is 58.0 Å². The molecule has 5 rings (SSSR count). The second-order valence-electron chi connectivity index (χ2n) is 17.0. The number of allylic oxidation sites excluding steroid dienone is 2. The van der Waals surface area contributed by atoms with E-state index < -0.39 is 35.0 Å². The first-order chi connectivity index (χ1) is 20.8. The van der Waals surface area contributed by atoms with Gasteiger partial charge in [0, 0.05) is 26.2 Å². The van der Waals surface area contributed by atoms with Gasteiger partial charge in [0.05, 0.1) is 12.5 Å². The van der Waals surface area contributed by atoms with E-state index in [1.54, 1.807) is 0 Å². The van der Waals surface area contributed by atoms with Crippen molar-refractivity contribution in [3.63, 3.8) is 0 Å². The number of rotatable bonds is 5. The number of carbonyl (C=O) groups excluding carboxylic acids is 4. The van der Waals surface area contributed by atoms with Crippen LogP contribution in [-0.2, 0) is 38.1 Å². The minimum Gasteiger partial charge on any atom is -0.469 e. The fourth-order valence-corrected chi connectivity index (χ4v) is 11.9. The number of esters is 4. The summed E-state index contributed by atoms with van der Waals surface area (Å²) >= 11 is 0. The molecule has 0 radical (unpaired) electrons. The maximum Gasteiger partial charge on any atom is 0.312 e. The highest BCUT2D eigenvalue weighted by Crippen LogP contribution is 2.76. The van der Waals surface area contributed by atoms with Gasteiger partial charge >= 0.3 is 23.9 Å². The molecule has 0 aromatic rings. The second-order valence-corrected chi connectivity index (χ2v) is 17.0. The standard InChI is InChI=1S/C37H56O8/c1-22(38)43-21-34(7)28-13-14-36(9)29(33(28,6)20-27(44-23(2)39)30(34)45-24(3)40)12-11-25-26-19-32(4,5)15-17-37(26,31(41)42-10)18-16-35(25,36)8/h11,26-30H,12-21H2,1-10H3. The largest absolute Gasteiger partial charge is 0.469 e. The van der Waals surface area contributed by atoms with Crippen molar-refractivity contribution >= 4 is 23.9 Å². The lowest BCUT2D eigenvalue weighted by molar-refractivity contribution is -0.255. The van der Waals surface area contributed by atoms with Crippen LogP contribution >= 0.6 is 0 Å². The molecule has 0 amide bonds. The molecule has 0 spiro atoms. The van der Waals surface area contributed by atoms with Crippen LogP contribution in [0.2, 0.25) is 0 Å². The van der Waals surface area contributed by atoms with Crippen molar-refractivity contribution < 1.29 is 38.1 Å². The first kappa shape index (κ1) is 34.0. The van der Waals surface area contributed by atoms with Crippen molar-refractivity contribution in [3.05, 3.63) is 11.6 Å². The summed E-state index contributed by atoms with van der Waals surface area (Å²) in [6.07, 6.45) is 8.94. The third kappa shape index (κ3) is 5.06. The molecule has 252 valence electrons. The SMILES string of the molecule is COC(=O)C12CCC(C)(C)CC1C1=CCC3C4(C)CC(OC(C)=O)C(OC(C)=O)C(C)(COC(C)=O)C4CCC3(C)C1(C)CC2. The van der Waals surface area contributed by atoms with Crippen molar-refractivity contribution in [1.29, 1.82) is 0 Å². The van der Waals surface area contributed by atoms with Crippen molar-refractivity contribution in [3.8, 4) is 0 Å². The highest BCUT2D eigenvalue weighted by molar-refractivity contribution is 5.78. The Hall–Kier alpha value is -2.38. The summed E-state index contributed by atoms with van der Waals surface area (Å²) in [4.78, 5) is 50.6. The summed E-state index contributed by atoms with van der Waals surface area (Å²) in [5.41, 5.74) is -0.124.